The van der Waals surface area contributed by atoms with Crippen molar-refractivity contribution in [1.82, 2.24) is 0 Å². The number of benzene rings is 1. The first kappa shape index (κ1) is 14.8. The largest absolute Gasteiger partial charge is 0.462 e. The van der Waals surface area contributed by atoms with E-state index in [0.717, 1.165) is 6.26 Å². The highest BCUT2D eigenvalue weighted by Gasteiger charge is 2.22. The predicted molar refractivity (Wildman–Crippen MR) is 69.5 cm³/mol. The van der Waals surface area contributed by atoms with E-state index in [2.05, 4.69) is 0 Å². The summed E-state index contributed by atoms with van der Waals surface area (Å²) in [6.07, 6.45) is 1.65. The first-order valence-corrected chi connectivity index (χ1v) is 7.51. The fraction of sp³-hybridized carbons (Fsp3) is 0.364. The summed E-state index contributed by atoms with van der Waals surface area (Å²) < 4.78 is 27.9. The maximum atomic E-state index is 11.7. The topological polar surface area (TPSA) is 86.5 Å². The zero-order valence-corrected chi connectivity index (χ0v) is 11.6. The smallest absolute Gasteiger partial charge is 0.341 e. The number of halogens is 1. The highest BCUT2D eigenvalue weighted by Crippen LogP contribution is 2.30. The van der Waals surface area contributed by atoms with E-state index in [9.17, 15) is 13.2 Å². The second kappa shape index (κ2) is 5.58. The summed E-state index contributed by atoms with van der Waals surface area (Å²) in [7, 11) is -3.52. The van der Waals surface area contributed by atoms with Crippen LogP contribution in [-0.4, -0.2) is 27.2 Å². The molecule has 18 heavy (non-hydrogen) atoms. The summed E-state index contributed by atoms with van der Waals surface area (Å²) in [5, 5.41) is -0.196. The summed E-state index contributed by atoms with van der Waals surface area (Å²) in [5.74, 6) is -0.718. The lowest BCUT2D eigenvalue weighted by Crippen LogP contribution is -2.12. The van der Waals surface area contributed by atoms with E-state index in [1.165, 1.54) is 12.1 Å². The number of carbonyl (C=O) groups is 1. The normalized spacial score (nSPS) is 11.3. The Bertz CT molecular complexity index is 569. The number of hydrogen-bond acceptors (Lipinski definition) is 5. The van der Waals surface area contributed by atoms with Gasteiger partial charge in [0.15, 0.2) is 9.84 Å². The summed E-state index contributed by atoms with van der Waals surface area (Å²) in [6, 6.07) is 2.59. The molecule has 1 aromatic rings. The number of esters is 1. The van der Waals surface area contributed by atoms with Crippen LogP contribution in [0.5, 0.6) is 0 Å². The molecule has 1 aromatic carbocycles. The quantitative estimate of drug-likeness (QED) is 0.676. The van der Waals surface area contributed by atoms with Gasteiger partial charge >= 0.3 is 5.97 Å². The Balaban J connectivity index is 3.31. The third-order valence-electron chi connectivity index (χ3n) is 2.18. The predicted octanol–water partition coefficient (Wildman–Crippen LogP) is 1.89. The number of hydrogen-bond donors (Lipinski definition) is 1. The molecule has 0 saturated heterocycles. The lowest BCUT2D eigenvalue weighted by molar-refractivity contribution is 0.0506. The zero-order chi connectivity index (χ0) is 13.9. The van der Waals surface area contributed by atoms with Gasteiger partial charge in [0, 0.05) is 11.9 Å². The fourth-order valence-corrected chi connectivity index (χ4v) is 2.75. The minimum atomic E-state index is -3.52. The van der Waals surface area contributed by atoms with Gasteiger partial charge in [0.25, 0.3) is 0 Å². The van der Waals surface area contributed by atoms with E-state index in [1.807, 2.05) is 6.92 Å². The van der Waals surface area contributed by atoms with Crippen LogP contribution in [-0.2, 0) is 14.6 Å². The molecule has 7 heteroatoms. The molecule has 0 atom stereocenters. The van der Waals surface area contributed by atoms with E-state index < -0.39 is 15.8 Å². The highest BCUT2D eigenvalue weighted by molar-refractivity contribution is 7.90. The molecule has 0 heterocycles. The van der Waals surface area contributed by atoms with Crippen LogP contribution in [0.2, 0.25) is 5.02 Å². The molecule has 0 aliphatic carbocycles. The Morgan fingerprint density at radius 2 is 2.06 bits per heavy atom. The molecule has 0 radical (unpaired) electrons. The minimum Gasteiger partial charge on any atom is -0.462 e. The molecule has 0 amide bonds. The molecule has 0 aliphatic heterocycles. The molecule has 2 N–H and O–H groups in total. The molecule has 0 spiro atoms. The summed E-state index contributed by atoms with van der Waals surface area (Å²) >= 11 is 5.91. The number of ether oxygens (including phenoxy) is 1. The maximum absolute atomic E-state index is 11.7. The van der Waals surface area contributed by atoms with Crippen molar-refractivity contribution in [2.24, 2.45) is 0 Å². The number of nitrogen functional groups attached to an aromatic ring is 1. The van der Waals surface area contributed by atoms with Gasteiger partial charge in [0.1, 0.15) is 5.56 Å². The van der Waals surface area contributed by atoms with Gasteiger partial charge in [-0.25, -0.2) is 13.2 Å². The molecule has 5 nitrogen and oxygen atoms in total. The van der Waals surface area contributed by atoms with Gasteiger partial charge in [-0.1, -0.05) is 18.5 Å². The van der Waals surface area contributed by atoms with Crippen molar-refractivity contribution in [1.29, 1.82) is 0 Å². The minimum absolute atomic E-state index is 0.0912. The monoisotopic (exact) mass is 291 g/mol. The Morgan fingerprint density at radius 3 is 2.56 bits per heavy atom. The number of rotatable bonds is 4. The lowest BCUT2D eigenvalue weighted by atomic mass is 10.2. The van der Waals surface area contributed by atoms with Crippen molar-refractivity contribution < 1.29 is 17.9 Å². The first-order valence-electron chi connectivity index (χ1n) is 5.24. The van der Waals surface area contributed by atoms with Gasteiger partial charge in [-0.3, -0.25) is 0 Å². The average molecular weight is 292 g/mol. The van der Waals surface area contributed by atoms with Crippen molar-refractivity contribution in [3.8, 4) is 0 Å². The molecule has 1 rings (SSSR count). The van der Waals surface area contributed by atoms with Gasteiger partial charge in [-0.15, -0.1) is 0 Å². The molecule has 0 aromatic heterocycles. The number of anilines is 1. The molecule has 0 aliphatic rings. The van der Waals surface area contributed by atoms with Gasteiger partial charge in [-0.05, 0) is 18.6 Å². The van der Waals surface area contributed by atoms with Gasteiger partial charge in [0.2, 0.25) is 0 Å². The Kier molecular flexibility index (Phi) is 4.59. The van der Waals surface area contributed by atoms with Crippen LogP contribution in [0.4, 0.5) is 5.69 Å². The van der Waals surface area contributed by atoms with Crippen LogP contribution in [0, 0.1) is 0 Å². The molecule has 0 saturated carbocycles. The summed E-state index contributed by atoms with van der Waals surface area (Å²) in [5.41, 5.74) is 5.61. The molecule has 0 bridgehead atoms. The van der Waals surface area contributed by atoms with Crippen molar-refractivity contribution in [3.63, 3.8) is 0 Å². The Hall–Kier alpha value is -1.27. The van der Waals surface area contributed by atoms with Crippen LogP contribution in [0.3, 0.4) is 0 Å². The van der Waals surface area contributed by atoms with Crippen molar-refractivity contribution in [2.75, 3.05) is 18.6 Å². The molecular formula is C11H14ClNO4S. The third kappa shape index (κ3) is 3.14. The lowest BCUT2D eigenvalue weighted by Gasteiger charge is -2.10. The number of carbonyl (C=O) groups excluding carboxylic acids is 1. The third-order valence-corrected chi connectivity index (χ3v) is 3.82. The Morgan fingerprint density at radius 1 is 1.44 bits per heavy atom. The fourth-order valence-electron chi connectivity index (χ4n) is 1.33. The summed E-state index contributed by atoms with van der Waals surface area (Å²) in [6.45, 7) is 2.06. The summed E-state index contributed by atoms with van der Waals surface area (Å²) in [4.78, 5) is 11.6. The van der Waals surface area contributed by atoms with E-state index in [0.29, 0.717) is 6.42 Å². The van der Waals surface area contributed by atoms with Crippen LogP contribution >= 0.6 is 11.6 Å². The molecular weight excluding hydrogens is 278 g/mol. The van der Waals surface area contributed by atoms with Crippen molar-refractivity contribution >= 4 is 33.1 Å². The van der Waals surface area contributed by atoms with Crippen molar-refractivity contribution in [2.45, 2.75) is 18.2 Å². The van der Waals surface area contributed by atoms with Gasteiger partial charge in [0.05, 0.1) is 16.5 Å². The molecule has 0 unspecified atom stereocenters. The highest BCUT2D eigenvalue weighted by atomic mass is 35.5. The van der Waals surface area contributed by atoms with E-state index in [4.69, 9.17) is 22.1 Å². The SMILES string of the molecule is CCCOC(=O)c1c(N)ccc(S(C)(=O)=O)c1Cl. The van der Waals surface area contributed by atoms with E-state index in [1.54, 1.807) is 0 Å². The second-order valence-corrected chi connectivity index (χ2v) is 6.11. The zero-order valence-electron chi connectivity index (χ0n) is 10.1. The van der Waals surface area contributed by atoms with Crippen molar-refractivity contribution in [3.05, 3.63) is 22.7 Å². The Labute approximate surface area is 111 Å². The van der Waals surface area contributed by atoms with Crippen LogP contribution in [0.15, 0.2) is 17.0 Å². The maximum Gasteiger partial charge on any atom is 0.341 e. The standard InChI is InChI=1S/C11H14ClNO4S/c1-3-6-17-11(14)9-7(13)4-5-8(10(9)12)18(2,15)16/h4-5H,3,6,13H2,1-2H3. The molecule has 0 fully saturated rings. The second-order valence-electron chi connectivity index (χ2n) is 3.75. The average Bonchev–Trinajstić information content (AvgIpc) is 2.24. The number of sulfone groups is 1. The van der Waals surface area contributed by atoms with Gasteiger partial charge in [-0.2, -0.15) is 0 Å². The van der Waals surface area contributed by atoms with Crippen LogP contribution in [0.1, 0.15) is 23.7 Å². The van der Waals surface area contributed by atoms with Gasteiger partial charge < -0.3 is 10.5 Å². The molecule has 100 valence electrons. The van der Waals surface area contributed by atoms with Crippen LogP contribution in [0.25, 0.3) is 0 Å². The number of nitrogens with two attached hydrogens (primary N) is 1. The first-order chi connectivity index (χ1) is 8.29. The van der Waals surface area contributed by atoms with E-state index in [-0.39, 0.29) is 27.8 Å². The van der Waals surface area contributed by atoms with Crippen LogP contribution < -0.4 is 5.73 Å². The van der Waals surface area contributed by atoms with E-state index >= 15 is 0 Å².